The van der Waals surface area contributed by atoms with Gasteiger partial charge in [0.1, 0.15) is 0 Å². The van der Waals surface area contributed by atoms with Crippen LogP contribution >= 0.6 is 11.3 Å². The molecule has 124 valence electrons. The van der Waals surface area contributed by atoms with Crippen molar-refractivity contribution in [1.29, 1.82) is 0 Å². The lowest BCUT2D eigenvalue weighted by Gasteiger charge is -2.08. The van der Waals surface area contributed by atoms with E-state index in [4.69, 9.17) is 0 Å². The predicted octanol–water partition coefficient (Wildman–Crippen LogP) is 5.47. The van der Waals surface area contributed by atoms with Crippen molar-refractivity contribution in [2.75, 3.05) is 5.32 Å². The SMILES string of the molecule is Cc1cccc(Nc2nc(O)c(/C=C3\C=Nc4ccccc43)s2)c1C. The molecule has 1 aliphatic heterocycles. The van der Waals surface area contributed by atoms with Crippen LogP contribution in [0.4, 0.5) is 16.5 Å². The van der Waals surface area contributed by atoms with Crippen molar-refractivity contribution in [3.63, 3.8) is 0 Å². The van der Waals surface area contributed by atoms with E-state index in [0.717, 1.165) is 22.5 Å². The highest BCUT2D eigenvalue weighted by Gasteiger charge is 2.15. The molecule has 0 saturated carbocycles. The van der Waals surface area contributed by atoms with Gasteiger partial charge in [-0.1, -0.05) is 41.7 Å². The Bertz CT molecular complexity index is 1020. The van der Waals surface area contributed by atoms with E-state index >= 15 is 0 Å². The van der Waals surface area contributed by atoms with Gasteiger partial charge in [0.2, 0.25) is 5.88 Å². The standard InChI is InChI=1S/C20H17N3OS/c1-12-6-5-9-16(13(12)2)22-20-23-19(24)18(25-20)10-14-11-21-17-8-4-3-7-15(14)17/h3-11,24H,1-2H3,(H,22,23)/b14-10+. The largest absolute Gasteiger partial charge is 0.492 e. The number of aliphatic imine (C=N–C) groups is 1. The summed E-state index contributed by atoms with van der Waals surface area (Å²) in [5.41, 5.74) is 6.39. The molecule has 2 aromatic carbocycles. The zero-order valence-corrected chi connectivity index (χ0v) is 14.8. The summed E-state index contributed by atoms with van der Waals surface area (Å²) in [7, 11) is 0. The summed E-state index contributed by atoms with van der Waals surface area (Å²) in [5.74, 6) is 0.0306. The summed E-state index contributed by atoms with van der Waals surface area (Å²) in [6.07, 6.45) is 3.75. The number of allylic oxidation sites excluding steroid dienone is 1. The Kier molecular flexibility index (Phi) is 3.86. The number of fused-ring (bicyclic) bond motifs is 1. The van der Waals surface area contributed by atoms with Gasteiger partial charge in [0.15, 0.2) is 5.13 Å². The highest BCUT2D eigenvalue weighted by molar-refractivity contribution is 7.16. The van der Waals surface area contributed by atoms with Gasteiger partial charge in [0.05, 0.1) is 10.6 Å². The van der Waals surface area contributed by atoms with Crippen LogP contribution in [-0.2, 0) is 0 Å². The number of aryl methyl sites for hydroxylation is 1. The Morgan fingerprint density at radius 2 is 1.92 bits per heavy atom. The normalized spacial score (nSPS) is 14.1. The van der Waals surface area contributed by atoms with E-state index in [-0.39, 0.29) is 5.88 Å². The Labute approximate surface area is 150 Å². The first kappa shape index (κ1) is 15.6. The van der Waals surface area contributed by atoms with E-state index in [2.05, 4.69) is 35.2 Å². The zero-order valence-electron chi connectivity index (χ0n) is 13.9. The second-order valence-corrected chi connectivity index (χ2v) is 6.99. The first-order chi connectivity index (χ1) is 12.1. The van der Waals surface area contributed by atoms with Crippen LogP contribution in [0.15, 0.2) is 47.5 Å². The van der Waals surface area contributed by atoms with Crippen LogP contribution in [0.2, 0.25) is 0 Å². The third kappa shape index (κ3) is 2.94. The van der Waals surface area contributed by atoms with Gasteiger partial charge >= 0.3 is 0 Å². The number of hydrogen-bond acceptors (Lipinski definition) is 5. The smallest absolute Gasteiger partial charge is 0.231 e. The molecule has 0 bridgehead atoms. The first-order valence-electron chi connectivity index (χ1n) is 8.00. The molecule has 5 heteroatoms. The fraction of sp³-hybridized carbons (Fsp3) is 0.100. The fourth-order valence-corrected chi connectivity index (χ4v) is 3.59. The van der Waals surface area contributed by atoms with E-state index in [9.17, 15) is 5.11 Å². The number of rotatable bonds is 3. The summed E-state index contributed by atoms with van der Waals surface area (Å²) in [4.78, 5) is 9.36. The topological polar surface area (TPSA) is 57.5 Å². The third-order valence-electron chi connectivity index (χ3n) is 4.33. The van der Waals surface area contributed by atoms with Gasteiger partial charge in [-0.3, -0.25) is 4.99 Å². The monoisotopic (exact) mass is 347 g/mol. The minimum atomic E-state index is 0.0306. The minimum absolute atomic E-state index is 0.0306. The molecule has 0 fully saturated rings. The molecule has 0 spiro atoms. The number of anilines is 2. The van der Waals surface area contributed by atoms with Crippen LogP contribution < -0.4 is 5.32 Å². The Hall–Kier alpha value is -2.92. The second kappa shape index (κ2) is 6.18. The number of nitrogens with one attached hydrogen (secondary N) is 1. The van der Waals surface area contributed by atoms with Gasteiger partial charge in [-0.15, -0.1) is 0 Å². The van der Waals surface area contributed by atoms with Crippen molar-refractivity contribution in [1.82, 2.24) is 4.98 Å². The predicted molar refractivity (Wildman–Crippen MR) is 105 cm³/mol. The first-order valence-corrected chi connectivity index (χ1v) is 8.81. The average Bonchev–Trinajstić information content (AvgIpc) is 3.16. The molecule has 0 atom stereocenters. The number of thiazole rings is 1. The third-order valence-corrected chi connectivity index (χ3v) is 5.23. The molecule has 25 heavy (non-hydrogen) atoms. The van der Waals surface area contributed by atoms with Crippen molar-refractivity contribution >= 4 is 45.7 Å². The van der Waals surface area contributed by atoms with Crippen LogP contribution in [0.5, 0.6) is 5.88 Å². The van der Waals surface area contributed by atoms with E-state index in [1.165, 1.54) is 22.5 Å². The average molecular weight is 347 g/mol. The number of hydrogen-bond donors (Lipinski definition) is 2. The quantitative estimate of drug-likeness (QED) is 0.661. The lowest BCUT2D eigenvalue weighted by molar-refractivity contribution is 0.457. The molecule has 2 heterocycles. The lowest BCUT2D eigenvalue weighted by atomic mass is 10.1. The second-order valence-electron chi connectivity index (χ2n) is 5.95. The molecule has 2 N–H and O–H groups in total. The molecule has 0 aliphatic carbocycles. The summed E-state index contributed by atoms with van der Waals surface area (Å²) in [6, 6.07) is 14.1. The van der Waals surface area contributed by atoms with E-state index in [1.54, 1.807) is 0 Å². The van der Waals surface area contributed by atoms with Crippen molar-refractivity contribution in [2.45, 2.75) is 13.8 Å². The lowest BCUT2D eigenvalue weighted by Crippen LogP contribution is -1.93. The summed E-state index contributed by atoms with van der Waals surface area (Å²) in [6.45, 7) is 4.15. The summed E-state index contributed by atoms with van der Waals surface area (Å²) in [5, 5.41) is 14.2. The van der Waals surface area contributed by atoms with Gasteiger partial charge in [-0.05, 0) is 43.2 Å². The Morgan fingerprint density at radius 3 is 2.80 bits per heavy atom. The van der Waals surface area contributed by atoms with E-state index in [1.807, 2.05) is 48.7 Å². The van der Waals surface area contributed by atoms with Gasteiger partial charge in [-0.2, -0.15) is 4.98 Å². The van der Waals surface area contributed by atoms with Crippen LogP contribution in [0, 0.1) is 13.8 Å². The number of nitrogens with zero attached hydrogens (tertiary/aromatic N) is 2. The molecular formula is C20H17N3OS. The summed E-state index contributed by atoms with van der Waals surface area (Å²) >= 11 is 1.42. The van der Waals surface area contributed by atoms with Crippen LogP contribution in [0.25, 0.3) is 11.6 Å². The highest BCUT2D eigenvalue weighted by Crippen LogP contribution is 2.37. The van der Waals surface area contributed by atoms with Crippen LogP contribution in [0.3, 0.4) is 0 Å². The van der Waals surface area contributed by atoms with Crippen molar-refractivity contribution in [2.24, 2.45) is 4.99 Å². The summed E-state index contributed by atoms with van der Waals surface area (Å²) < 4.78 is 0. The molecule has 0 unspecified atom stereocenters. The fourth-order valence-electron chi connectivity index (χ4n) is 2.77. The zero-order chi connectivity index (χ0) is 17.4. The van der Waals surface area contributed by atoms with Crippen molar-refractivity contribution < 1.29 is 5.11 Å². The molecule has 0 radical (unpaired) electrons. The Morgan fingerprint density at radius 1 is 1.08 bits per heavy atom. The number of aromatic hydroxyl groups is 1. The van der Waals surface area contributed by atoms with Gasteiger partial charge in [-0.25, -0.2) is 0 Å². The molecular weight excluding hydrogens is 330 g/mol. The molecule has 4 rings (SSSR count). The number of aromatic nitrogens is 1. The Balaban J connectivity index is 1.65. The molecule has 1 aromatic heterocycles. The number of benzene rings is 2. The maximum Gasteiger partial charge on any atom is 0.231 e. The van der Waals surface area contributed by atoms with E-state index < -0.39 is 0 Å². The molecule has 0 saturated heterocycles. The van der Waals surface area contributed by atoms with Crippen molar-refractivity contribution in [3.8, 4) is 5.88 Å². The molecule has 1 aliphatic rings. The van der Waals surface area contributed by atoms with Gasteiger partial charge < -0.3 is 10.4 Å². The van der Waals surface area contributed by atoms with Crippen LogP contribution in [-0.4, -0.2) is 16.3 Å². The number of para-hydroxylation sites is 1. The molecule has 4 nitrogen and oxygen atoms in total. The van der Waals surface area contributed by atoms with Gasteiger partial charge in [0, 0.05) is 23.0 Å². The van der Waals surface area contributed by atoms with Gasteiger partial charge in [0.25, 0.3) is 0 Å². The maximum absolute atomic E-state index is 10.2. The molecule has 3 aromatic rings. The minimum Gasteiger partial charge on any atom is -0.492 e. The highest BCUT2D eigenvalue weighted by atomic mass is 32.1. The van der Waals surface area contributed by atoms with E-state index in [0.29, 0.717) is 10.0 Å². The van der Waals surface area contributed by atoms with Crippen molar-refractivity contribution in [3.05, 3.63) is 64.0 Å². The molecule has 0 amide bonds. The maximum atomic E-state index is 10.2. The van der Waals surface area contributed by atoms with Crippen LogP contribution in [0.1, 0.15) is 21.6 Å².